The van der Waals surface area contributed by atoms with Gasteiger partial charge in [0.05, 0.1) is 23.4 Å². The molecule has 3 aromatic heterocycles. The summed E-state index contributed by atoms with van der Waals surface area (Å²) in [7, 11) is 0. The molecule has 1 saturated heterocycles. The van der Waals surface area contributed by atoms with Gasteiger partial charge in [-0.3, -0.25) is 14.7 Å². The second-order valence-corrected chi connectivity index (χ2v) is 8.96. The Morgan fingerprint density at radius 3 is 2.83 bits per heavy atom. The van der Waals surface area contributed by atoms with Gasteiger partial charge in [-0.1, -0.05) is 0 Å². The minimum atomic E-state index is -0.843. The molecule has 0 aromatic carbocycles. The molecule has 1 aliphatic heterocycles. The number of aliphatic hydroxyl groups is 1. The lowest BCUT2D eigenvalue weighted by Crippen LogP contribution is -2.47. The summed E-state index contributed by atoms with van der Waals surface area (Å²) < 4.78 is 0. The maximum absolute atomic E-state index is 11.9. The van der Waals surface area contributed by atoms with E-state index in [4.69, 9.17) is 5.73 Å². The quantitative estimate of drug-likeness (QED) is 0.633. The minimum absolute atomic E-state index is 0.291. The standard InChI is InChI=1S/C22H27N5O2/c1-22(29)10-18(20(23)28)27(12-22)14-4-2-13(3-5-14)15-6-8-24-17-11-26-21-16(19(15)17)7-9-25-21/h6-9,11,13-14,18,29H,2-5,10,12H2,1H3,(H2,23,28)(H,25,26). The first-order valence-electron chi connectivity index (χ1n) is 10.4. The van der Waals surface area contributed by atoms with Crippen LogP contribution in [-0.4, -0.2) is 55.1 Å². The summed E-state index contributed by atoms with van der Waals surface area (Å²) in [6.07, 6.45) is 10.2. The van der Waals surface area contributed by atoms with Gasteiger partial charge >= 0.3 is 0 Å². The van der Waals surface area contributed by atoms with Crippen LogP contribution in [0, 0.1) is 0 Å². The molecule has 0 radical (unpaired) electrons. The van der Waals surface area contributed by atoms with Crippen molar-refractivity contribution in [1.82, 2.24) is 19.9 Å². The number of hydrogen-bond acceptors (Lipinski definition) is 5. The highest BCUT2D eigenvalue weighted by atomic mass is 16.3. The molecule has 1 saturated carbocycles. The molecule has 7 nitrogen and oxygen atoms in total. The number of H-pyrrole nitrogens is 1. The lowest BCUT2D eigenvalue weighted by molar-refractivity contribution is -0.123. The van der Waals surface area contributed by atoms with Gasteiger partial charge in [0, 0.05) is 42.2 Å². The van der Waals surface area contributed by atoms with Crippen LogP contribution in [-0.2, 0) is 4.79 Å². The van der Waals surface area contributed by atoms with Crippen LogP contribution in [0.4, 0.5) is 0 Å². The molecule has 0 bridgehead atoms. The van der Waals surface area contributed by atoms with Gasteiger partial charge in [0.2, 0.25) is 5.91 Å². The fourth-order valence-corrected chi connectivity index (χ4v) is 5.49. The number of nitrogens with zero attached hydrogens (tertiary/aromatic N) is 3. The average Bonchev–Trinajstić information content (AvgIpc) is 3.31. The molecule has 0 spiro atoms. The summed E-state index contributed by atoms with van der Waals surface area (Å²) in [4.78, 5) is 26.3. The maximum Gasteiger partial charge on any atom is 0.234 e. The predicted molar refractivity (Wildman–Crippen MR) is 111 cm³/mol. The first kappa shape index (κ1) is 18.5. The number of aromatic nitrogens is 3. The molecular weight excluding hydrogens is 366 g/mol. The summed E-state index contributed by atoms with van der Waals surface area (Å²) in [6.45, 7) is 2.32. The molecule has 29 heavy (non-hydrogen) atoms. The first-order valence-corrected chi connectivity index (χ1v) is 10.4. The number of carbonyl (C=O) groups is 1. The van der Waals surface area contributed by atoms with Crippen LogP contribution < -0.4 is 5.73 Å². The number of nitrogens with one attached hydrogen (secondary N) is 1. The van der Waals surface area contributed by atoms with E-state index in [0.717, 1.165) is 42.2 Å². The van der Waals surface area contributed by atoms with Crippen molar-refractivity contribution in [3.05, 3.63) is 36.3 Å². The third-order valence-electron chi connectivity index (χ3n) is 6.81. The van der Waals surface area contributed by atoms with Crippen LogP contribution >= 0.6 is 0 Å². The van der Waals surface area contributed by atoms with Gasteiger partial charge in [0.1, 0.15) is 5.65 Å². The van der Waals surface area contributed by atoms with E-state index < -0.39 is 5.60 Å². The summed E-state index contributed by atoms with van der Waals surface area (Å²) in [5.74, 6) is 0.125. The fraction of sp³-hybridized carbons (Fsp3) is 0.500. The number of amides is 1. The van der Waals surface area contributed by atoms with E-state index in [9.17, 15) is 9.90 Å². The van der Waals surface area contributed by atoms with Crippen molar-refractivity contribution in [2.75, 3.05) is 6.54 Å². The van der Waals surface area contributed by atoms with Crippen LogP contribution in [0.15, 0.2) is 30.7 Å². The van der Waals surface area contributed by atoms with Gasteiger partial charge in [-0.2, -0.15) is 0 Å². The molecule has 2 atom stereocenters. The number of β-amino-alcohol motifs (C(OH)–C–C–N with tert-alkyl or cyclic N) is 1. The normalized spacial score (nSPS) is 30.9. The zero-order valence-electron chi connectivity index (χ0n) is 16.6. The van der Waals surface area contributed by atoms with Gasteiger partial charge < -0.3 is 15.8 Å². The van der Waals surface area contributed by atoms with Crippen LogP contribution in [0.3, 0.4) is 0 Å². The molecule has 2 aliphatic rings. The van der Waals surface area contributed by atoms with E-state index in [2.05, 4.69) is 32.0 Å². The highest BCUT2D eigenvalue weighted by Crippen LogP contribution is 2.41. The van der Waals surface area contributed by atoms with Crippen molar-refractivity contribution in [3.8, 4) is 0 Å². The second kappa shape index (κ2) is 6.78. The Morgan fingerprint density at radius 1 is 1.28 bits per heavy atom. The number of aromatic amines is 1. The lowest BCUT2D eigenvalue weighted by atomic mass is 9.80. The van der Waals surface area contributed by atoms with Crippen molar-refractivity contribution < 1.29 is 9.90 Å². The van der Waals surface area contributed by atoms with Gasteiger partial charge in [0.15, 0.2) is 0 Å². The molecule has 7 heteroatoms. The number of fused-ring (bicyclic) bond motifs is 3. The molecule has 1 aliphatic carbocycles. The Hall–Kier alpha value is -2.51. The highest BCUT2D eigenvalue weighted by Gasteiger charge is 2.45. The number of likely N-dealkylation sites (tertiary alicyclic amines) is 1. The zero-order valence-corrected chi connectivity index (χ0v) is 16.6. The first-order chi connectivity index (χ1) is 13.9. The van der Waals surface area contributed by atoms with Crippen LogP contribution in [0.1, 0.15) is 50.5 Å². The van der Waals surface area contributed by atoms with E-state index in [1.165, 1.54) is 10.9 Å². The smallest absolute Gasteiger partial charge is 0.234 e. The number of hydrogen-bond donors (Lipinski definition) is 3. The van der Waals surface area contributed by atoms with Crippen molar-refractivity contribution in [3.63, 3.8) is 0 Å². The summed E-state index contributed by atoms with van der Waals surface area (Å²) in [5, 5.41) is 12.8. The number of nitrogens with two attached hydrogens (primary N) is 1. The summed E-state index contributed by atoms with van der Waals surface area (Å²) in [6, 6.07) is 4.15. The maximum atomic E-state index is 11.9. The van der Waals surface area contributed by atoms with Crippen molar-refractivity contribution in [1.29, 1.82) is 0 Å². The van der Waals surface area contributed by atoms with E-state index in [1.807, 2.05) is 18.6 Å². The molecule has 5 rings (SSSR count). The Kier molecular flexibility index (Phi) is 4.33. The molecule has 152 valence electrons. The van der Waals surface area contributed by atoms with Crippen LogP contribution in [0.25, 0.3) is 21.9 Å². The van der Waals surface area contributed by atoms with E-state index in [0.29, 0.717) is 24.9 Å². The van der Waals surface area contributed by atoms with Crippen LogP contribution in [0.2, 0.25) is 0 Å². The predicted octanol–water partition coefficient (Wildman–Crippen LogP) is 2.45. The molecule has 2 unspecified atom stereocenters. The fourth-order valence-electron chi connectivity index (χ4n) is 5.49. The van der Waals surface area contributed by atoms with Crippen molar-refractivity contribution in [2.24, 2.45) is 5.73 Å². The number of carbonyl (C=O) groups excluding carboxylic acids is 1. The van der Waals surface area contributed by atoms with Gasteiger partial charge in [0.25, 0.3) is 0 Å². The van der Waals surface area contributed by atoms with Crippen molar-refractivity contribution >= 4 is 27.8 Å². The molecular formula is C22H27N5O2. The van der Waals surface area contributed by atoms with Gasteiger partial charge in [-0.05, 0) is 56.2 Å². The van der Waals surface area contributed by atoms with Crippen molar-refractivity contribution in [2.45, 2.75) is 62.6 Å². The monoisotopic (exact) mass is 393 g/mol. The number of rotatable bonds is 3. The van der Waals surface area contributed by atoms with E-state index >= 15 is 0 Å². The molecule has 3 aromatic rings. The Labute approximate surface area is 169 Å². The zero-order chi connectivity index (χ0) is 20.2. The average molecular weight is 393 g/mol. The number of pyridine rings is 2. The van der Waals surface area contributed by atoms with Gasteiger partial charge in [-0.25, -0.2) is 4.98 Å². The van der Waals surface area contributed by atoms with Gasteiger partial charge in [-0.15, -0.1) is 0 Å². The Morgan fingerprint density at radius 2 is 2.07 bits per heavy atom. The Balaban J connectivity index is 1.40. The topological polar surface area (TPSA) is 108 Å². The third kappa shape index (κ3) is 3.18. The molecule has 4 N–H and O–H groups in total. The van der Waals surface area contributed by atoms with Crippen LogP contribution in [0.5, 0.6) is 0 Å². The summed E-state index contributed by atoms with van der Waals surface area (Å²) in [5.41, 5.74) is 7.95. The SMILES string of the molecule is CC1(O)CC(C(N)=O)N(C2CCC(c3ccnc4cnc5[nH]ccc5c34)CC2)C1. The lowest BCUT2D eigenvalue weighted by Gasteiger charge is -2.37. The molecule has 1 amide bonds. The summed E-state index contributed by atoms with van der Waals surface area (Å²) >= 11 is 0. The Bertz CT molecular complexity index is 1070. The molecule has 4 heterocycles. The second-order valence-electron chi connectivity index (χ2n) is 8.96. The third-order valence-corrected chi connectivity index (χ3v) is 6.81. The highest BCUT2D eigenvalue weighted by molar-refractivity contribution is 6.05. The largest absolute Gasteiger partial charge is 0.389 e. The van der Waals surface area contributed by atoms with E-state index in [-0.39, 0.29) is 11.9 Å². The molecule has 2 fully saturated rings. The number of primary amides is 1. The van der Waals surface area contributed by atoms with E-state index in [1.54, 1.807) is 6.92 Å². The minimum Gasteiger partial charge on any atom is -0.389 e.